The van der Waals surface area contributed by atoms with E-state index in [0.29, 0.717) is 22.7 Å². The lowest BCUT2D eigenvalue weighted by Gasteiger charge is -2.58. The zero-order valence-electron chi connectivity index (χ0n) is 16.2. The molecule has 7 unspecified atom stereocenters. The SMILES string of the molecule is CC1(C2CCC3(C)C(CCC3(C)C)C2CN)CCC(O)CC1CO. The van der Waals surface area contributed by atoms with Gasteiger partial charge in [0.15, 0.2) is 0 Å². The molecule has 0 saturated heterocycles. The Labute approximate surface area is 148 Å². The topological polar surface area (TPSA) is 66.5 Å². The highest BCUT2D eigenvalue weighted by Crippen LogP contribution is 2.67. The number of rotatable bonds is 3. The molecular formula is C21H39NO2. The number of hydrogen-bond donors (Lipinski definition) is 3. The molecule has 4 N–H and O–H groups in total. The lowest BCUT2D eigenvalue weighted by Crippen LogP contribution is -2.54. The van der Waals surface area contributed by atoms with Crippen LogP contribution in [0.25, 0.3) is 0 Å². The second kappa shape index (κ2) is 6.25. The maximum absolute atomic E-state index is 10.1. The van der Waals surface area contributed by atoms with Gasteiger partial charge >= 0.3 is 0 Å². The molecule has 24 heavy (non-hydrogen) atoms. The van der Waals surface area contributed by atoms with Crippen LogP contribution in [0, 0.1) is 39.9 Å². The standard InChI is InChI=1S/C21H39NO2/c1-19(2)8-6-18-16(12-22)17(7-10-21(18,19)4)20(3)9-5-15(24)11-14(20)13-23/h14-18,23-24H,5-13,22H2,1-4H3. The average molecular weight is 338 g/mol. The number of aliphatic hydroxyl groups is 2. The van der Waals surface area contributed by atoms with E-state index in [-0.39, 0.29) is 24.0 Å². The van der Waals surface area contributed by atoms with Gasteiger partial charge in [-0.15, -0.1) is 0 Å². The van der Waals surface area contributed by atoms with Crippen molar-refractivity contribution in [3.63, 3.8) is 0 Å². The summed E-state index contributed by atoms with van der Waals surface area (Å²) in [5.74, 6) is 2.11. The molecule has 3 rings (SSSR count). The molecule has 3 aliphatic carbocycles. The predicted molar refractivity (Wildman–Crippen MR) is 98.4 cm³/mol. The van der Waals surface area contributed by atoms with E-state index in [4.69, 9.17) is 5.73 Å². The maximum Gasteiger partial charge on any atom is 0.0544 e. The number of hydrogen-bond acceptors (Lipinski definition) is 3. The minimum Gasteiger partial charge on any atom is -0.396 e. The van der Waals surface area contributed by atoms with E-state index in [1.165, 1.54) is 25.7 Å². The van der Waals surface area contributed by atoms with Gasteiger partial charge in [-0.25, -0.2) is 0 Å². The van der Waals surface area contributed by atoms with Crippen molar-refractivity contribution >= 4 is 0 Å². The minimum absolute atomic E-state index is 0.131. The molecule has 3 fully saturated rings. The second-order valence-electron chi connectivity index (χ2n) is 10.3. The van der Waals surface area contributed by atoms with Gasteiger partial charge in [0.05, 0.1) is 6.10 Å². The van der Waals surface area contributed by atoms with Gasteiger partial charge < -0.3 is 15.9 Å². The zero-order chi connectivity index (χ0) is 17.8. The van der Waals surface area contributed by atoms with Gasteiger partial charge in [0.2, 0.25) is 0 Å². The third kappa shape index (κ3) is 2.57. The zero-order valence-corrected chi connectivity index (χ0v) is 16.2. The molecule has 0 radical (unpaired) electrons. The Hall–Kier alpha value is -0.120. The summed E-state index contributed by atoms with van der Waals surface area (Å²) in [4.78, 5) is 0. The molecule has 0 amide bonds. The Morgan fingerprint density at radius 1 is 0.958 bits per heavy atom. The maximum atomic E-state index is 10.1. The first-order valence-electron chi connectivity index (χ1n) is 10.2. The van der Waals surface area contributed by atoms with Crippen LogP contribution in [0.15, 0.2) is 0 Å². The number of nitrogens with two attached hydrogens (primary N) is 1. The summed E-state index contributed by atoms with van der Waals surface area (Å²) in [6, 6.07) is 0. The molecule has 0 spiro atoms. The van der Waals surface area contributed by atoms with E-state index in [0.717, 1.165) is 31.7 Å². The summed E-state index contributed by atoms with van der Waals surface area (Å²) >= 11 is 0. The van der Waals surface area contributed by atoms with E-state index < -0.39 is 0 Å². The van der Waals surface area contributed by atoms with Gasteiger partial charge in [0, 0.05) is 6.61 Å². The first kappa shape index (κ1) is 18.7. The fraction of sp³-hybridized carbons (Fsp3) is 1.00. The van der Waals surface area contributed by atoms with Gasteiger partial charge in [0.25, 0.3) is 0 Å². The molecule has 3 saturated carbocycles. The van der Waals surface area contributed by atoms with Crippen LogP contribution < -0.4 is 5.73 Å². The van der Waals surface area contributed by atoms with Gasteiger partial charge in [-0.2, -0.15) is 0 Å². The van der Waals surface area contributed by atoms with Gasteiger partial charge in [-0.1, -0.05) is 27.7 Å². The summed E-state index contributed by atoms with van der Waals surface area (Å²) in [5, 5.41) is 20.1. The first-order valence-corrected chi connectivity index (χ1v) is 10.2. The highest BCUT2D eigenvalue weighted by atomic mass is 16.3. The molecule has 0 aromatic heterocycles. The molecule has 0 aliphatic heterocycles. The van der Waals surface area contributed by atoms with Crippen LogP contribution in [0.1, 0.15) is 72.6 Å². The number of aliphatic hydroxyl groups excluding tert-OH is 2. The molecule has 0 aromatic rings. The van der Waals surface area contributed by atoms with Crippen molar-refractivity contribution in [1.29, 1.82) is 0 Å². The van der Waals surface area contributed by atoms with Crippen molar-refractivity contribution in [1.82, 2.24) is 0 Å². The highest BCUT2D eigenvalue weighted by Gasteiger charge is 2.60. The van der Waals surface area contributed by atoms with Crippen molar-refractivity contribution in [3.05, 3.63) is 0 Å². The van der Waals surface area contributed by atoms with E-state index in [2.05, 4.69) is 27.7 Å². The van der Waals surface area contributed by atoms with Crippen LogP contribution in [0.5, 0.6) is 0 Å². The molecule has 3 heteroatoms. The van der Waals surface area contributed by atoms with Crippen LogP contribution in [0.3, 0.4) is 0 Å². The van der Waals surface area contributed by atoms with Gasteiger partial charge in [0.1, 0.15) is 0 Å². The number of fused-ring (bicyclic) bond motifs is 1. The van der Waals surface area contributed by atoms with E-state index >= 15 is 0 Å². The summed E-state index contributed by atoms with van der Waals surface area (Å²) in [7, 11) is 0. The van der Waals surface area contributed by atoms with Crippen LogP contribution >= 0.6 is 0 Å². The molecule has 3 nitrogen and oxygen atoms in total. The van der Waals surface area contributed by atoms with Crippen molar-refractivity contribution in [2.75, 3.05) is 13.2 Å². The largest absolute Gasteiger partial charge is 0.396 e. The Balaban J connectivity index is 1.90. The molecule has 0 bridgehead atoms. The smallest absolute Gasteiger partial charge is 0.0544 e. The Kier molecular flexibility index (Phi) is 4.86. The van der Waals surface area contributed by atoms with Crippen molar-refractivity contribution in [2.45, 2.75) is 78.7 Å². The Morgan fingerprint density at radius 2 is 1.62 bits per heavy atom. The van der Waals surface area contributed by atoms with Crippen LogP contribution in [-0.2, 0) is 0 Å². The average Bonchev–Trinajstić information content (AvgIpc) is 2.79. The summed E-state index contributed by atoms with van der Waals surface area (Å²) in [6.07, 6.45) is 7.60. The first-order chi connectivity index (χ1) is 11.2. The van der Waals surface area contributed by atoms with Crippen molar-refractivity contribution in [3.8, 4) is 0 Å². The monoisotopic (exact) mass is 337 g/mol. The third-order valence-electron chi connectivity index (χ3n) is 9.30. The quantitative estimate of drug-likeness (QED) is 0.737. The third-order valence-corrected chi connectivity index (χ3v) is 9.30. The van der Waals surface area contributed by atoms with Gasteiger partial charge in [-0.05, 0) is 91.4 Å². The molecule has 0 heterocycles. The summed E-state index contributed by atoms with van der Waals surface area (Å²) in [6.45, 7) is 10.8. The fourth-order valence-corrected chi connectivity index (χ4v) is 7.10. The Morgan fingerprint density at radius 3 is 2.25 bits per heavy atom. The second-order valence-corrected chi connectivity index (χ2v) is 10.3. The van der Waals surface area contributed by atoms with Crippen molar-refractivity contribution < 1.29 is 10.2 Å². The summed E-state index contributed by atoms with van der Waals surface area (Å²) < 4.78 is 0. The van der Waals surface area contributed by atoms with Crippen LogP contribution in [0.2, 0.25) is 0 Å². The molecule has 3 aliphatic rings. The molecule has 7 atom stereocenters. The predicted octanol–water partition coefficient (Wildman–Crippen LogP) is 3.57. The van der Waals surface area contributed by atoms with Crippen molar-refractivity contribution in [2.24, 2.45) is 45.7 Å². The summed E-state index contributed by atoms with van der Waals surface area (Å²) in [5.41, 5.74) is 7.32. The van der Waals surface area contributed by atoms with Crippen LogP contribution in [0.4, 0.5) is 0 Å². The van der Waals surface area contributed by atoms with Crippen LogP contribution in [-0.4, -0.2) is 29.5 Å². The lowest BCUT2D eigenvalue weighted by atomic mass is 9.47. The molecule has 0 aromatic carbocycles. The van der Waals surface area contributed by atoms with E-state index in [1.807, 2.05) is 0 Å². The normalized spacial score (nSPS) is 51.4. The lowest BCUT2D eigenvalue weighted by molar-refractivity contribution is -0.110. The van der Waals surface area contributed by atoms with E-state index in [1.54, 1.807) is 0 Å². The minimum atomic E-state index is -0.231. The molecular weight excluding hydrogens is 298 g/mol. The molecule has 140 valence electrons. The Bertz CT molecular complexity index is 465. The highest BCUT2D eigenvalue weighted by molar-refractivity contribution is 5.09. The fourth-order valence-electron chi connectivity index (χ4n) is 7.10. The van der Waals surface area contributed by atoms with E-state index in [9.17, 15) is 10.2 Å². The van der Waals surface area contributed by atoms with Gasteiger partial charge in [-0.3, -0.25) is 0 Å².